The molecule has 0 aliphatic carbocycles. The van der Waals surface area contributed by atoms with E-state index in [9.17, 15) is 14.4 Å². The summed E-state index contributed by atoms with van der Waals surface area (Å²) in [6, 6.07) is 6.99. The van der Waals surface area contributed by atoms with Gasteiger partial charge in [0.25, 0.3) is 5.56 Å². The van der Waals surface area contributed by atoms with Crippen molar-refractivity contribution in [3.8, 4) is 11.5 Å². The zero-order chi connectivity index (χ0) is 21.4. The van der Waals surface area contributed by atoms with Crippen molar-refractivity contribution in [2.45, 2.75) is 32.0 Å². The molecule has 1 N–H and O–H groups in total. The molecular weight excluding hydrogens is 422 g/mol. The summed E-state index contributed by atoms with van der Waals surface area (Å²) in [4.78, 5) is 38.7. The summed E-state index contributed by atoms with van der Waals surface area (Å²) in [5.41, 5.74) is 0.299. The number of nitrogens with one attached hydrogen (secondary N) is 1. The molecule has 4 heterocycles. The fourth-order valence-electron chi connectivity index (χ4n) is 3.88. The van der Waals surface area contributed by atoms with E-state index in [4.69, 9.17) is 14.2 Å². The molecule has 0 bridgehead atoms. The van der Waals surface area contributed by atoms with Crippen molar-refractivity contribution >= 4 is 27.5 Å². The van der Waals surface area contributed by atoms with Crippen molar-refractivity contribution in [3.05, 3.63) is 56.0 Å². The van der Waals surface area contributed by atoms with E-state index in [0.717, 1.165) is 23.0 Å². The molecule has 31 heavy (non-hydrogen) atoms. The van der Waals surface area contributed by atoms with E-state index in [0.29, 0.717) is 34.9 Å². The number of carbonyl (C=O) groups excluding carboxylic acids is 1. The van der Waals surface area contributed by atoms with Gasteiger partial charge in [-0.05, 0) is 42.0 Å². The second-order valence-corrected chi connectivity index (χ2v) is 8.44. The molecule has 2 aromatic heterocycles. The summed E-state index contributed by atoms with van der Waals surface area (Å²) in [6.45, 7) is 1.17. The second-order valence-electron chi connectivity index (χ2n) is 7.52. The van der Waals surface area contributed by atoms with Crippen LogP contribution in [0, 0.1) is 0 Å². The zero-order valence-electron chi connectivity index (χ0n) is 16.7. The van der Waals surface area contributed by atoms with Crippen molar-refractivity contribution in [2.24, 2.45) is 0 Å². The Labute approximate surface area is 180 Å². The maximum atomic E-state index is 13.2. The smallest absolute Gasteiger partial charge is 0.332 e. The summed E-state index contributed by atoms with van der Waals surface area (Å²) in [7, 11) is 0. The van der Waals surface area contributed by atoms with Gasteiger partial charge >= 0.3 is 5.69 Å². The Bertz CT molecular complexity index is 1250. The van der Waals surface area contributed by atoms with Crippen LogP contribution in [0.1, 0.15) is 18.4 Å². The number of fused-ring (bicyclic) bond motifs is 2. The fourth-order valence-corrected chi connectivity index (χ4v) is 4.72. The third-order valence-electron chi connectivity index (χ3n) is 5.47. The molecule has 5 rings (SSSR count). The van der Waals surface area contributed by atoms with Gasteiger partial charge in [-0.15, -0.1) is 11.3 Å². The first kappa shape index (κ1) is 19.8. The van der Waals surface area contributed by atoms with Gasteiger partial charge in [0.05, 0.1) is 18.2 Å². The average Bonchev–Trinajstić information content (AvgIpc) is 3.53. The molecule has 0 radical (unpaired) electrons. The number of nitrogens with zero attached hydrogens (tertiary/aromatic N) is 2. The predicted octanol–water partition coefficient (Wildman–Crippen LogP) is 1.30. The topological polar surface area (TPSA) is 101 Å². The zero-order valence-corrected chi connectivity index (χ0v) is 17.5. The minimum absolute atomic E-state index is 0.0156. The average molecular weight is 443 g/mol. The number of ether oxygens (including phenoxy) is 3. The minimum atomic E-state index is -0.527. The highest BCUT2D eigenvalue weighted by Gasteiger charge is 2.20. The lowest BCUT2D eigenvalue weighted by Crippen LogP contribution is -2.43. The van der Waals surface area contributed by atoms with Gasteiger partial charge in [0, 0.05) is 13.2 Å². The van der Waals surface area contributed by atoms with E-state index in [-0.39, 0.29) is 37.5 Å². The maximum absolute atomic E-state index is 13.2. The molecule has 1 fully saturated rings. The Kier molecular flexibility index (Phi) is 5.24. The number of aromatic nitrogens is 2. The summed E-state index contributed by atoms with van der Waals surface area (Å²) in [6.07, 6.45) is 1.91. The van der Waals surface area contributed by atoms with E-state index < -0.39 is 5.69 Å². The largest absolute Gasteiger partial charge is 0.454 e. The standard InChI is InChI=1S/C21H21N3O6S/c25-18(22-9-14-2-1-6-28-14)11-23-15-5-7-31-19(15)20(26)24(21(23)27)10-13-3-4-16-17(8-13)30-12-29-16/h3-5,7-8,14H,1-2,6,9-12H2,(H,22,25)/t14-/m0/s1. The highest BCUT2D eigenvalue weighted by molar-refractivity contribution is 7.17. The van der Waals surface area contributed by atoms with Crippen LogP contribution in [-0.4, -0.2) is 41.1 Å². The molecule has 2 aliphatic rings. The number of hydrogen-bond acceptors (Lipinski definition) is 7. The van der Waals surface area contributed by atoms with Gasteiger partial charge in [-0.3, -0.25) is 18.7 Å². The van der Waals surface area contributed by atoms with Gasteiger partial charge in [0.1, 0.15) is 11.2 Å². The SMILES string of the molecule is O=C(Cn1c(=O)n(Cc2ccc3c(c2)OCO3)c(=O)c2sccc21)NC[C@@H]1CCCO1. The number of carbonyl (C=O) groups is 1. The summed E-state index contributed by atoms with van der Waals surface area (Å²) >= 11 is 1.25. The molecule has 9 nitrogen and oxygen atoms in total. The molecular formula is C21H21N3O6S. The number of amides is 1. The Morgan fingerprint density at radius 2 is 2.03 bits per heavy atom. The van der Waals surface area contributed by atoms with Gasteiger partial charge in [-0.1, -0.05) is 6.07 Å². The summed E-state index contributed by atoms with van der Waals surface area (Å²) in [5.74, 6) is 0.917. The summed E-state index contributed by atoms with van der Waals surface area (Å²) < 4.78 is 19.2. The van der Waals surface area contributed by atoms with Gasteiger partial charge < -0.3 is 19.5 Å². The first-order valence-corrected chi connectivity index (χ1v) is 11.0. The third kappa shape index (κ3) is 3.84. The van der Waals surface area contributed by atoms with Crippen molar-refractivity contribution in [1.29, 1.82) is 0 Å². The molecule has 0 unspecified atom stereocenters. The molecule has 1 atom stereocenters. The Hall–Kier alpha value is -3.11. The van der Waals surface area contributed by atoms with Crippen molar-refractivity contribution in [3.63, 3.8) is 0 Å². The quantitative estimate of drug-likeness (QED) is 0.616. The lowest BCUT2D eigenvalue weighted by Gasteiger charge is -2.14. The predicted molar refractivity (Wildman–Crippen MR) is 114 cm³/mol. The Balaban J connectivity index is 1.44. The van der Waals surface area contributed by atoms with Crippen molar-refractivity contribution < 1.29 is 19.0 Å². The molecule has 1 saturated heterocycles. The lowest BCUT2D eigenvalue weighted by atomic mass is 10.2. The van der Waals surface area contributed by atoms with E-state index in [2.05, 4.69) is 5.32 Å². The van der Waals surface area contributed by atoms with Gasteiger partial charge in [0.2, 0.25) is 12.7 Å². The van der Waals surface area contributed by atoms with E-state index in [1.54, 1.807) is 29.6 Å². The molecule has 1 amide bonds. The van der Waals surface area contributed by atoms with Crippen LogP contribution in [0.5, 0.6) is 11.5 Å². The fraction of sp³-hybridized carbons (Fsp3) is 0.381. The van der Waals surface area contributed by atoms with Gasteiger partial charge in [0.15, 0.2) is 11.5 Å². The molecule has 0 spiro atoms. The third-order valence-corrected chi connectivity index (χ3v) is 6.36. The van der Waals surface area contributed by atoms with Crippen molar-refractivity contribution in [2.75, 3.05) is 19.9 Å². The first-order valence-electron chi connectivity index (χ1n) is 10.1. The normalized spacial score (nSPS) is 17.4. The Morgan fingerprint density at radius 3 is 2.87 bits per heavy atom. The highest BCUT2D eigenvalue weighted by Crippen LogP contribution is 2.32. The Morgan fingerprint density at radius 1 is 1.16 bits per heavy atom. The number of hydrogen-bond donors (Lipinski definition) is 1. The highest BCUT2D eigenvalue weighted by atomic mass is 32.1. The summed E-state index contributed by atoms with van der Waals surface area (Å²) in [5, 5.41) is 4.58. The maximum Gasteiger partial charge on any atom is 0.332 e. The first-order chi connectivity index (χ1) is 15.1. The molecule has 1 aromatic carbocycles. The van der Waals surface area contributed by atoms with Crippen LogP contribution in [0.2, 0.25) is 0 Å². The number of benzene rings is 1. The lowest BCUT2D eigenvalue weighted by molar-refractivity contribution is -0.122. The van der Waals surface area contributed by atoms with Gasteiger partial charge in [-0.2, -0.15) is 0 Å². The minimum Gasteiger partial charge on any atom is -0.454 e. The van der Waals surface area contributed by atoms with E-state index in [1.165, 1.54) is 15.9 Å². The molecule has 10 heteroatoms. The van der Waals surface area contributed by atoms with Crippen molar-refractivity contribution in [1.82, 2.24) is 14.5 Å². The van der Waals surface area contributed by atoms with Crippen LogP contribution in [0.4, 0.5) is 0 Å². The van der Waals surface area contributed by atoms with Crippen LogP contribution in [0.15, 0.2) is 39.2 Å². The van der Waals surface area contributed by atoms with Crippen LogP contribution < -0.4 is 26.0 Å². The number of thiophene rings is 1. The van der Waals surface area contributed by atoms with Gasteiger partial charge in [-0.25, -0.2) is 4.79 Å². The van der Waals surface area contributed by atoms with Crippen LogP contribution >= 0.6 is 11.3 Å². The van der Waals surface area contributed by atoms with E-state index >= 15 is 0 Å². The molecule has 162 valence electrons. The van der Waals surface area contributed by atoms with Crippen LogP contribution in [-0.2, 0) is 22.6 Å². The second kappa shape index (κ2) is 8.20. The molecule has 0 saturated carbocycles. The molecule has 3 aromatic rings. The van der Waals surface area contributed by atoms with Crippen LogP contribution in [0.25, 0.3) is 10.2 Å². The van der Waals surface area contributed by atoms with Crippen LogP contribution in [0.3, 0.4) is 0 Å². The monoisotopic (exact) mass is 443 g/mol. The molecule has 2 aliphatic heterocycles. The van der Waals surface area contributed by atoms with E-state index in [1.807, 2.05) is 0 Å². The number of rotatable bonds is 6.